The molecule has 0 amide bonds. The Labute approximate surface area is 86.5 Å². The van der Waals surface area contributed by atoms with Crippen molar-refractivity contribution in [3.63, 3.8) is 0 Å². The molecule has 0 aliphatic carbocycles. The van der Waals surface area contributed by atoms with Crippen molar-refractivity contribution in [2.75, 3.05) is 0 Å². The van der Waals surface area contributed by atoms with Crippen LogP contribution in [0.25, 0.3) is 11.4 Å². The second kappa shape index (κ2) is 3.70. The van der Waals surface area contributed by atoms with Crippen LogP contribution in [-0.2, 0) is 6.61 Å². The van der Waals surface area contributed by atoms with Gasteiger partial charge in [0.05, 0.1) is 18.4 Å². The first kappa shape index (κ1) is 9.67. The van der Waals surface area contributed by atoms with E-state index >= 15 is 0 Å². The minimum atomic E-state index is -0.177. The highest BCUT2D eigenvalue weighted by atomic mass is 16.3. The van der Waals surface area contributed by atoms with Gasteiger partial charge in [0.15, 0.2) is 0 Å². The van der Waals surface area contributed by atoms with Gasteiger partial charge in [0.25, 0.3) is 0 Å². The zero-order chi connectivity index (χ0) is 10.8. The lowest BCUT2D eigenvalue weighted by Gasteiger charge is -2.09. The van der Waals surface area contributed by atoms with E-state index in [0.29, 0.717) is 22.6 Å². The molecule has 2 aromatic rings. The first-order valence-electron chi connectivity index (χ1n) is 4.52. The van der Waals surface area contributed by atoms with Gasteiger partial charge in [-0.25, -0.2) is 4.98 Å². The van der Waals surface area contributed by atoms with Crippen LogP contribution in [0.4, 0.5) is 0 Å². The zero-order valence-electron chi connectivity index (χ0n) is 8.23. The van der Waals surface area contributed by atoms with Crippen LogP contribution in [-0.4, -0.2) is 25.2 Å². The summed E-state index contributed by atoms with van der Waals surface area (Å²) in [7, 11) is 0. The Morgan fingerprint density at radius 3 is 2.80 bits per heavy atom. The summed E-state index contributed by atoms with van der Waals surface area (Å²) in [5.74, 6) is 0.543. The van der Waals surface area contributed by atoms with Crippen molar-refractivity contribution in [1.29, 1.82) is 0 Å². The largest absolute Gasteiger partial charge is 0.506 e. The summed E-state index contributed by atoms with van der Waals surface area (Å²) in [5.41, 5.74) is 1.78. The standard InChI is InChI=1S/C10H11N3O2/c1-6-7(5-14)9(8(15)4-13-6)10-11-2-3-12-10/h2-4,14-15H,5H2,1H3,(H,11,12). The number of pyridine rings is 1. The van der Waals surface area contributed by atoms with Crippen LogP contribution in [0, 0.1) is 6.92 Å². The molecule has 3 N–H and O–H groups in total. The van der Waals surface area contributed by atoms with Gasteiger partial charge in [-0.3, -0.25) is 4.98 Å². The van der Waals surface area contributed by atoms with Crippen molar-refractivity contribution in [2.45, 2.75) is 13.5 Å². The normalized spacial score (nSPS) is 10.5. The lowest BCUT2D eigenvalue weighted by atomic mass is 10.1. The predicted octanol–water partition coefficient (Wildman–Crippen LogP) is 0.978. The van der Waals surface area contributed by atoms with Gasteiger partial charge >= 0.3 is 0 Å². The second-order valence-corrected chi connectivity index (χ2v) is 3.18. The number of aliphatic hydroxyl groups is 1. The fraction of sp³-hybridized carbons (Fsp3) is 0.200. The third kappa shape index (κ3) is 1.57. The van der Waals surface area contributed by atoms with Crippen molar-refractivity contribution in [1.82, 2.24) is 15.0 Å². The average molecular weight is 205 g/mol. The zero-order valence-corrected chi connectivity index (χ0v) is 8.23. The first-order valence-corrected chi connectivity index (χ1v) is 4.52. The number of aliphatic hydroxyl groups excluding tert-OH is 1. The number of hydrogen-bond donors (Lipinski definition) is 3. The third-order valence-corrected chi connectivity index (χ3v) is 2.27. The minimum absolute atomic E-state index is 0.0135. The summed E-state index contributed by atoms with van der Waals surface area (Å²) in [5, 5.41) is 18.9. The molecule has 2 rings (SSSR count). The molecule has 0 unspecified atom stereocenters. The predicted molar refractivity (Wildman–Crippen MR) is 54.1 cm³/mol. The van der Waals surface area contributed by atoms with E-state index in [1.165, 1.54) is 6.20 Å². The van der Waals surface area contributed by atoms with Gasteiger partial charge in [0.1, 0.15) is 11.6 Å². The smallest absolute Gasteiger partial charge is 0.145 e. The van der Waals surface area contributed by atoms with E-state index in [4.69, 9.17) is 0 Å². The quantitative estimate of drug-likeness (QED) is 0.682. The molecule has 0 saturated heterocycles. The van der Waals surface area contributed by atoms with Gasteiger partial charge < -0.3 is 15.2 Å². The summed E-state index contributed by atoms with van der Waals surface area (Å²) >= 11 is 0. The van der Waals surface area contributed by atoms with E-state index in [0.717, 1.165) is 0 Å². The topological polar surface area (TPSA) is 82.0 Å². The van der Waals surface area contributed by atoms with Gasteiger partial charge in [-0.2, -0.15) is 0 Å². The summed E-state index contributed by atoms with van der Waals surface area (Å²) in [4.78, 5) is 10.9. The van der Waals surface area contributed by atoms with Crippen molar-refractivity contribution < 1.29 is 10.2 Å². The highest BCUT2D eigenvalue weighted by molar-refractivity contribution is 5.68. The monoisotopic (exact) mass is 205 g/mol. The molecule has 0 aromatic carbocycles. The lowest BCUT2D eigenvalue weighted by Crippen LogP contribution is -1.98. The number of nitrogens with zero attached hydrogens (tertiary/aromatic N) is 2. The number of aromatic nitrogens is 3. The van der Waals surface area contributed by atoms with E-state index in [1.54, 1.807) is 19.3 Å². The molecule has 0 saturated carbocycles. The molecule has 0 atom stereocenters. The summed E-state index contributed by atoms with van der Waals surface area (Å²) in [6, 6.07) is 0. The van der Waals surface area contributed by atoms with Crippen LogP contribution in [0.15, 0.2) is 18.6 Å². The number of rotatable bonds is 2. The van der Waals surface area contributed by atoms with E-state index < -0.39 is 0 Å². The third-order valence-electron chi connectivity index (χ3n) is 2.27. The van der Waals surface area contributed by atoms with E-state index in [9.17, 15) is 10.2 Å². The van der Waals surface area contributed by atoms with Crippen LogP contribution in [0.5, 0.6) is 5.75 Å². The molecular formula is C10H11N3O2. The van der Waals surface area contributed by atoms with E-state index in [2.05, 4.69) is 15.0 Å². The van der Waals surface area contributed by atoms with Crippen LogP contribution >= 0.6 is 0 Å². The Kier molecular flexibility index (Phi) is 2.39. The molecule has 2 heterocycles. The van der Waals surface area contributed by atoms with E-state index in [-0.39, 0.29) is 12.4 Å². The van der Waals surface area contributed by atoms with Crippen LogP contribution in [0.3, 0.4) is 0 Å². The SMILES string of the molecule is Cc1ncc(O)c(-c2ncc[nH]2)c1CO. The number of hydrogen-bond acceptors (Lipinski definition) is 4. The maximum atomic E-state index is 9.69. The van der Waals surface area contributed by atoms with Gasteiger partial charge in [-0.05, 0) is 6.92 Å². The maximum absolute atomic E-state index is 9.69. The number of H-pyrrole nitrogens is 1. The molecule has 5 nitrogen and oxygen atoms in total. The molecular weight excluding hydrogens is 194 g/mol. The molecule has 0 fully saturated rings. The Balaban J connectivity index is 2.68. The number of aromatic amines is 1. The van der Waals surface area contributed by atoms with Gasteiger partial charge in [0, 0.05) is 23.7 Å². The molecule has 0 aliphatic rings. The Morgan fingerprint density at radius 1 is 1.40 bits per heavy atom. The van der Waals surface area contributed by atoms with Crippen molar-refractivity contribution in [3.8, 4) is 17.1 Å². The van der Waals surface area contributed by atoms with Crippen LogP contribution in [0.1, 0.15) is 11.3 Å². The van der Waals surface area contributed by atoms with Crippen molar-refractivity contribution in [3.05, 3.63) is 29.8 Å². The fourth-order valence-electron chi connectivity index (χ4n) is 1.50. The summed E-state index contributed by atoms with van der Waals surface area (Å²) in [6.07, 6.45) is 4.60. The molecule has 15 heavy (non-hydrogen) atoms. The minimum Gasteiger partial charge on any atom is -0.506 e. The molecule has 78 valence electrons. The second-order valence-electron chi connectivity index (χ2n) is 3.18. The summed E-state index contributed by atoms with van der Waals surface area (Å²) in [6.45, 7) is 1.60. The number of aromatic hydroxyl groups is 1. The molecule has 0 spiro atoms. The van der Waals surface area contributed by atoms with Crippen LogP contribution < -0.4 is 0 Å². The van der Waals surface area contributed by atoms with Crippen molar-refractivity contribution in [2.24, 2.45) is 0 Å². The van der Waals surface area contributed by atoms with Crippen LogP contribution in [0.2, 0.25) is 0 Å². The average Bonchev–Trinajstić information content (AvgIpc) is 2.74. The molecule has 0 radical (unpaired) electrons. The van der Waals surface area contributed by atoms with Gasteiger partial charge in [-0.15, -0.1) is 0 Å². The molecule has 0 bridgehead atoms. The fourth-order valence-corrected chi connectivity index (χ4v) is 1.50. The number of nitrogens with one attached hydrogen (secondary N) is 1. The maximum Gasteiger partial charge on any atom is 0.145 e. The highest BCUT2D eigenvalue weighted by Gasteiger charge is 2.14. The summed E-state index contributed by atoms with van der Waals surface area (Å²) < 4.78 is 0. The van der Waals surface area contributed by atoms with Gasteiger partial charge in [-0.1, -0.05) is 0 Å². The molecule has 2 aromatic heterocycles. The Morgan fingerprint density at radius 2 is 2.20 bits per heavy atom. The Bertz CT molecular complexity index is 466. The lowest BCUT2D eigenvalue weighted by molar-refractivity contribution is 0.280. The first-order chi connectivity index (χ1) is 7.24. The number of aryl methyl sites for hydroxylation is 1. The Hall–Kier alpha value is -1.88. The van der Waals surface area contributed by atoms with Gasteiger partial charge in [0.2, 0.25) is 0 Å². The number of imidazole rings is 1. The van der Waals surface area contributed by atoms with E-state index in [1.807, 2.05) is 0 Å². The van der Waals surface area contributed by atoms with Crippen molar-refractivity contribution >= 4 is 0 Å². The highest BCUT2D eigenvalue weighted by Crippen LogP contribution is 2.30. The molecule has 0 aliphatic heterocycles. The molecule has 5 heteroatoms.